The summed E-state index contributed by atoms with van der Waals surface area (Å²) in [6.07, 6.45) is 98.9. The van der Waals surface area contributed by atoms with Gasteiger partial charge in [-0.05, 0) is 356 Å². The van der Waals surface area contributed by atoms with E-state index in [1.54, 1.807) is 392 Å². The number of hydrogen-bond acceptors (Lipinski definition) is 3. The molecule has 0 amide bonds. The number of piperidine rings is 2. The second-order valence-electron chi connectivity index (χ2n) is 48.4. The minimum atomic E-state index is 0.846. The first-order valence-corrected chi connectivity index (χ1v) is 52.4. The molecule has 30 unspecified atom stereocenters. The Morgan fingerprint density at radius 3 is 0.832 bits per heavy atom. The zero-order valence-electron chi connectivity index (χ0n) is 69.3. The third kappa shape index (κ3) is 11.9. The van der Waals surface area contributed by atoms with E-state index in [1.807, 2.05) is 0 Å². The molecule has 25 fully saturated rings. The van der Waals surface area contributed by atoms with Crippen molar-refractivity contribution in [2.24, 2.45) is 178 Å². The van der Waals surface area contributed by atoms with Crippen molar-refractivity contribution < 1.29 is 0 Å². The molecule has 4 heteroatoms. The zero-order valence-corrected chi connectivity index (χ0v) is 69.3. The molecule has 4 saturated heterocycles. The van der Waals surface area contributed by atoms with Crippen molar-refractivity contribution in [3.63, 3.8) is 0 Å². The van der Waals surface area contributed by atoms with Gasteiger partial charge < -0.3 is 0 Å². The fourth-order valence-corrected chi connectivity index (χ4v) is 43.2. The molecule has 30 atom stereocenters. The van der Waals surface area contributed by atoms with E-state index < -0.39 is 0 Å². The summed E-state index contributed by atoms with van der Waals surface area (Å²) in [6, 6.07) is 7.98. The number of rotatable bonds is 9. The van der Waals surface area contributed by atoms with Crippen LogP contribution in [0.1, 0.15) is 392 Å². The average molecular weight is 1460 g/mol. The van der Waals surface area contributed by atoms with Crippen molar-refractivity contribution in [1.29, 1.82) is 0 Å². The van der Waals surface area contributed by atoms with Gasteiger partial charge in [0.1, 0.15) is 0 Å². The molecule has 4 heterocycles. The van der Waals surface area contributed by atoms with Gasteiger partial charge >= 0.3 is 0 Å². The van der Waals surface area contributed by atoms with Gasteiger partial charge in [0, 0.05) is 54.4 Å². The smallest absolute Gasteiger partial charge is 0.156 e. The van der Waals surface area contributed by atoms with Crippen LogP contribution in [-0.2, 0) is 0 Å². The van der Waals surface area contributed by atoms with Crippen molar-refractivity contribution in [2.75, 3.05) is 0 Å². The summed E-state index contributed by atoms with van der Waals surface area (Å²) in [6.45, 7) is 1.02. The molecular formula is C103H164BN3. The predicted octanol–water partition coefficient (Wildman–Crippen LogP) is 26.4. The molecular weight excluding hydrogens is 1290 g/mol. The number of fused-ring (bicyclic) bond motifs is 8. The largest absolute Gasteiger partial charge is 0.295 e. The highest BCUT2D eigenvalue weighted by Crippen LogP contribution is 2.73. The monoisotopic (exact) mass is 1450 g/mol. The molecule has 4 aliphatic heterocycles. The Balaban J connectivity index is 0.673. The van der Waals surface area contributed by atoms with Gasteiger partial charge in [-0.3, -0.25) is 14.7 Å². The number of hydrogen-bond donors (Lipinski definition) is 0. The van der Waals surface area contributed by atoms with Gasteiger partial charge in [0.05, 0.1) is 0 Å². The lowest BCUT2D eigenvalue weighted by molar-refractivity contribution is -0.158. The molecule has 21 aliphatic carbocycles. The molecule has 594 valence electrons. The molecule has 107 heavy (non-hydrogen) atoms. The van der Waals surface area contributed by atoms with Gasteiger partial charge in [0.2, 0.25) is 0 Å². The minimum absolute atomic E-state index is 0.846. The van der Waals surface area contributed by atoms with E-state index in [0.717, 1.165) is 256 Å². The van der Waals surface area contributed by atoms with E-state index in [9.17, 15) is 0 Å². The third-order valence-electron chi connectivity index (χ3n) is 45.4. The zero-order chi connectivity index (χ0) is 69.7. The van der Waals surface area contributed by atoms with Crippen LogP contribution in [0.15, 0.2) is 0 Å². The van der Waals surface area contributed by atoms with Crippen LogP contribution in [0.3, 0.4) is 0 Å². The van der Waals surface area contributed by atoms with E-state index in [-0.39, 0.29) is 0 Å². The molecule has 0 spiro atoms. The highest BCUT2D eigenvalue weighted by atomic mass is 15.3. The van der Waals surface area contributed by atoms with Crippen LogP contribution in [0.4, 0.5) is 0 Å². The Morgan fingerprint density at radius 1 is 0.168 bits per heavy atom. The van der Waals surface area contributed by atoms with Gasteiger partial charge in [0.15, 0.2) is 6.71 Å². The van der Waals surface area contributed by atoms with Gasteiger partial charge in [-0.2, -0.15) is 0 Å². The van der Waals surface area contributed by atoms with Crippen LogP contribution in [0.25, 0.3) is 0 Å². The molecule has 0 aromatic rings. The van der Waals surface area contributed by atoms with E-state index in [4.69, 9.17) is 0 Å². The fraction of sp³-hybridized carbons (Fsp3) is 1.00. The average Bonchev–Trinajstić information content (AvgIpc) is 0.686. The maximum absolute atomic E-state index is 4.03. The van der Waals surface area contributed by atoms with E-state index in [2.05, 4.69) is 14.7 Å². The fourth-order valence-electron chi connectivity index (χ4n) is 43.2. The second-order valence-corrected chi connectivity index (χ2v) is 48.4. The Bertz CT molecular complexity index is 2780. The summed E-state index contributed by atoms with van der Waals surface area (Å²) in [5, 5.41) is 0. The highest BCUT2D eigenvalue weighted by molar-refractivity contribution is 6.65. The van der Waals surface area contributed by atoms with E-state index in [0.29, 0.717) is 0 Å². The Morgan fingerprint density at radius 2 is 0.467 bits per heavy atom. The SMILES string of the molecule is C1CCC(C2CCCC(C3CCCCC3)C2N2C3CCC(C4CC5CCCC6C7CCCC8CCCC(C(C4)C56)C87)CC3B3C4CC(C5CC6CCCC7C8CCCC9CCCC(C(C5)C67)C98)CCC4N(C4C(C5CCCCC5)CCCC4C4CCCCC4)C4CC(N5C6CC7CC(C6)CC5C7)CC2C34)CC1. The quantitative estimate of drug-likeness (QED) is 0.213. The standard InChI is InChI=1S/C103H164BN3/c1-5-21-64(22-6-1)79-35-19-36-80(65-23-7-2-8-24-65)102(79)106-93-47-45-70(74-54-72-33-17-41-85-83-39-13-29-68-31-15-43-87(97(68)83)89(56-74)99(72)85)58-91(93)104-92-59-71(75-55-73-34-18-42-86-84-40-14-30-69-32-16-44-88(98(69)84)90(57-75)100(73)86)46-48-94(92)107(103-81(66-25-9-3-10-26-66)37-20-38-82(103)67-27-11-4-12-28-67)96-61-78(60-95(106)101(96)104)105-76-50-62-49-63(52-76)53-77(105)51-62/h62-103H,1-61H2. The molecule has 0 aromatic heterocycles. The maximum Gasteiger partial charge on any atom is 0.156 e. The van der Waals surface area contributed by atoms with Crippen LogP contribution < -0.4 is 0 Å². The van der Waals surface area contributed by atoms with Crippen LogP contribution in [0.5, 0.6) is 0 Å². The summed E-state index contributed by atoms with van der Waals surface area (Å²) < 4.78 is 0. The van der Waals surface area contributed by atoms with Crippen molar-refractivity contribution in [2.45, 2.75) is 463 Å². The molecule has 25 rings (SSSR count). The van der Waals surface area contributed by atoms with Gasteiger partial charge in [-0.25, -0.2) is 0 Å². The van der Waals surface area contributed by atoms with Crippen molar-refractivity contribution in [3.05, 3.63) is 0 Å². The highest BCUT2D eigenvalue weighted by Gasteiger charge is 2.71. The lowest BCUT2D eigenvalue weighted by Crippen LogP contribution is -2.78. The van der Waals surface area contributed by atoms with E-state index in [1.165, 1.54) is 0 Å². The lowest BCUT2D eigenvalue weighted by atomic mass is 9.17. The molecule has 0 radical (unpaired) electrons. The van der Waals surface area contributed by atoms with Crippen LogP contribution in [0.2, 0.25) is 17.5 Å². The molecule has 0 aromatic carbocycles. The third-order valence-corrected chi connectivity index (χ3v) is 45.4. The maximum atomic E-state index is 4.03. The summed E-state index contributed by atoms with van der Waals surface area (Å²) in [5.41, 5.74) is 0. The second kappa shape index (κ2) is 29.5. The first-order chi connectivity index (χ1) is 53.0. The van der Waals surface area contributed by atoms with E-state index >= 15 is 0 Å². The van der Waals surface area contributed by atoms with Crippen molar-refractivity contribution in [1.82, 2.24) is 14.7 Å². The van der Waals surface area contributed by atoms with Crippen molar-refractivity contribution >= 4 is 6.71 Å². The normalized spacial score (nSPS) is 55.9. The van der Waals surface area contributed by atoms with Gasteiger partial charge in [0.25, 0.3) is 0 Å². The summed E-state index contributed by atoms with van der Waals surface area (Å²) in [4.78, 5) is 11.7. The molecule has 4 bridgehead atoms. The number of nitrogens with zero attached hydrogens (tertiary/aromatic N) is 3. The molecule has 0 N–H and O–H groups in total. The Labute approximate surface area is 658 Å². The Hall–Kier alpha value is -0.0551. The molecule has 21 saturated carbocycles. The Kier molecular flexibility index (Phi) is 19.6. The summed E-state index contributed by atoms with van der Waals surface area (Å²) >= 11 is 0. The molecule has 3 nitrogen and oxygen atoms in total. The first-order valence-electron chi connectivity index (χ1n) is 52.4. The summed E-state index contributed by atoms with van der Waals surface area (Å²) in [5.74, 6) is 35.3. The predicted molar refractivity (Wildman–Crippen MR) is 443 cm³/mol. The molecule has 25 aliphatic rings. The van der Waals surface area contributed by atoms with Crippen LogP contribution in [0, 0.1) is 178 Å². The van der Waals surface area contributed by atoms with Crippen molar-refractivity contribution in [3.8, 4) is 0 Å². The lowest BCUT2D eigenvalue weighted by Gasteiger charge is -2.73. The summed E-state index contributed by atoms with van der Waals surface area (Å²) in [7, 11) is 0. The first kappa shape index (κ1) is 71.1. The minimum Gasteiger partial charge on any atom is -0.295 e. The van der Waals surface area contributed by atoms with Crippen LogP contribution >= 0.6 is 0 Å². The van der Waals surface area contributed by atoms with Gasteiger partial charge in [-0.15, -0.1) is 0 Å². The topological polar surface area (TPSA) is 9.72 Å². The van der Waals surface area contributed by atoms with Crippen LogP contribution in [-0.4, -0.2) is 75.8 Å². The van der Waals surface area contributed by atoms with Gasteiger partial charge in [-0.1, -0.05) is 231 Å².